The van der Waals surface area contributed by atoms with Crippen LogP contribution < -0.4 is 15.0 Å². The summed E-state index contributed by atoms with van der Waals surface area (Å²) in [6.07, 6.45) is 4.34. The summed E-state index contributed by atoms with van der Waals surface area (Å²) in [5.41, 5.74) is -1.28. The summed E-state index contributed by atoms with van der Waals surface area (Å²) in [4.78, 5) is 21.9. The number of benzene rings is 1. The Labute approximate surface area is 199 Å². The Hall–Kier alpha value is -2.82. The van der Waals surface area contributed by atoms with Crippen LogP contribution in [0, 0.1) is 0 Å². The fourth-order valence-corrected chi connectivity index (χ4v) is 4.31. The molecule has 4 rings (SSSR count). The minimum Gasteiger partial charge on any atom is -0.420 e. The number of hydrogen-bond acceptors (Lipinski definition) is 7. The van der Waals surface area contributed by atoms with Gasteiger partial charge in [0.25, 0.3) is 5.91 Å². The summed E-state index contributed by atoms with van der Waals surface area (Å²) >= 11 is 6.10. The Morgan fingerprint density at radius 3 is 2.67 bits per heavy atom. The molecule has 33 heavy (non-hydrogen) atoms. The number of nitrogens with zero attached hydrogens (tertiary/aromatic N) is 4. The number of pyridine rings is 1. The van der Waals surface area contributed by atoms with Gasteiger partial charge in [-0.25, -0.2) is 9.36 Å². The second-order valence-electron chi connectivity index (χ2n) is 7.89. The molecule has 0 saturated carbocycles. The topological polar surface area (TPSA) is 70.6 Å². The van der Waals surface area contributed by atoms with Crippen LogP contribution in [0.1, 0.15) is 16.8 Å². The van der Waals surface area contributed by atoms with Crippen molar-refractivity contribution in [2.24, 2.45) is 0 Å². The average molecular weight is 494 g/mol. The Morgan fingerprint density at radius 2 is 2.06 bits per heavy atom. The lowest BCUT2D eigenvalue weighted by molar-refractivity contribution is -0.0964. The van der Waals surface area contributed by atoms with E-state index in [1.807, 2.05) is 5.38 Å². The van der Waals surface area contributed by atoms with Crippen molar-refractivity contribution in [3.05, 3.63) is 53.7 Å². The van der Waals surface area contributed by atoms with Crippen LogP contribution in [0.2, 0.25) is 0 Å². The molecule has 1 aliphatic rings. The van der Waals surface area contributed by atoms with Gasteiger partial charge in [-0.05, 0) is 62.4 Å². The first-order valence-corrected chi connectivity index (χ1v) is 11.4. The number of likely N-dealkylation sites (N-methyl/N-ethyl adjacent to an activating group) is 1. The van der Waals surface area contributed by atoms with Crippen molar-refractivity contribution < 1.29 is 18.3 Å². The SMILES string of the molecule is CN(C)[C@@H]1CCN(c2ncc(C(=O)Nc3ccc(OC(F)(F)Cl)cc3)cc2-c2cnsc2)C1. The van der Waals surface area contributed by atoms with Gasteiger partial charge in [0.2, 0.25) is 0 Å². The summed E-state index contributed by atoms with van der Waals surface area (Å²) in [6, 6.07) is 7.73. The number of anilines is 2. The molecule has 0 aliphatic carbocycles. The first kappa shape index (κ1) is 23.3. The van der Waals surface area contributed by atoms with E-state index in [-0.39, 0.29) is 11.7 Å². The van der Waals surface area contributed by atoms with Crippen molar-refractivity contribution >= 4 is 40.5 Å². The maximum Gasteiger partial charge on any atom is 0.487 e. The third-order valence-electron chi connectivity index (χ3n) is 5.41. The highest BCUT2D eigenvalue weighted by molar-refractivity contribution is 7.03. The second-order valence-corrected chi connectivity index (χ2v) is 8.98. The van der Waals surface area contributed by atoms with Gasteiger partial charge in [-0.15, -0.1) is 8.78 Å². The van der Waals surface area contributed by atoms with Gasteiger partial charge in [-0.1, -0.05) is 0 Å². The van der Waals surface area contributed by atoms with Gasteiger partial charge < -0.3 is 19.9 Å². The number of aromatic nitrogens is 2. The minimum atomic E-state index is -3.80. The lowest BCUT2D eigenvalue weighted by Gasteiger charge is -2.23. The van der Waals surface area contributed by atoms with E-state index in [1.165, 1.54) is 35.8 Å². The van der Waals surface area contributed by atoms with E-state index < -0.39 is 5.57 Å². The van der Waals surface area contributed by atoms with Gasteiger partial charge in [0.05, 0.1) is 5.56 Å². The summed E-state index contributed by atoms with van der Waals surface area (Å²) in [5, 5.41) is 4.67. The summed E-state index contributed by atoms with van der Waals surface area (Å²) in [5.74, 6) is 0.329. The molecular weight excluding hydrogens is 472 g/mol. The van der Waals surface area contributed by atoms with Crippen molar-refractivity contribution in [2.75, 3.05) is 37.4 Å². The molecule has 1 atom stereocenters. The number of amides is 1. The molecule has 11 heteroatoms. The molecule has 1 fully saturated rings. The van der Waals surface area contributed by atoms with Crippen LogP contribution in [0.3, 0.4) is 0 Å². The zero-order valence-electron chi connectivity index (χ0n) is 18.0. The highest BCUT2D eigenvalue weighted by atomic mass is 35.5. The van der Waals surface area contributed by atoms with Crippen molar-refractivity contribution in [2.45, 2.75) is 18.0 Å². The van der Waals surface area contributed by atoms with Gasteiger partial charge in [-0.2, -0.15) is 0 Å². The molecule has 1 aliphatic heterocycles. The number of halogens is 3. The fourth-order valence-electron chi connectivity index (χ4n) is 3.68. The number of ether oxygens (including phenoxy) is 1. The Morgan fingerprint density at radius 1 is 1.30 bits per heavy atom. The van der Waals surface area contributed by atoms with Crippen LogP contribution in [-0.2, 0) is 0 Å². The smallest absolute Gasteiger partial charge is 0.420 e. The van der Waals surface area contributed by atoms with E-state index in [9.17, 15) is 13.6 Å². The normalized spacial score (nSPS) is 16.3. The van der Waals surface area contributed by atoms with E-state index in [0.717, 1.165) is 36.5 Å². The molecule has 0 spiro atoms. The molecule has 1 aromatic carbocycles. The second kappa shape index (κ2) is 9.58. The number of nitrogens with one attached hydrogen (secondary N) is 1. The highest BCUT2D eigenvalue weighted by Gasteiger charge is 2.28. The molecule has 1 saturated heterocycles. The third kappa shape index (κ3) is 5.76. The maximum absolute atomic E-state index is 12.9. The van der Waals surface area contributed by atoms with E-state index in [2.05, 4.69) is 43.3 Å². The summed E-state index contributed by atoms with van der Waals surface area (Å²) < 4.78 is 34.0. The molecule has 174 valence electrons. The monoisotopic (exact) mass is 493 g/mol. The van der Waals surface area contributed by atoms with Gasteiger partial charge in [0, 0.05) is 65.3 Å². The Bertz CT molecular complexity index is 1110. The molecule has 0 bridgehead atoms. The number of hydrogen-bond donors (Lipinski definition) is 1. The minimum absolute atomic E-state index is 0.118. The van der Waals surface area contributed by atoms with Gasteiger partial charge >= 0.3 is 5.57 Å². The Kier molecular flexibility index (Phi) is 6.78. The van der Waals surface area contributed by atoms with E-state index >= 15 is 0 Å². The zero-order valence-corrected chi connectivity index (χ0v) is 19.5. The average Bonchev–Trinajstić information content (AvgIpc) is 3.46. The van der Waals surface area contributed by atoms with E-state index in [0.29, 0.717) is 17.3 Å². The standard InChI is InChI=1S/C22H22ClF2N5O2S/c1-29(2)17-7-8-30(12-17)20-19(15-11-27-33-13-15)9-14(10-26-20)21(31)28-16-3-5-18(6-4-16)32-22(23,24)25/h3-6,9-11,13,17H,7-8,12H2,1-2H3,(H,28,31)/t17-/m1/s1. The lowest BCUT2D eigenvalue weighted by Crippen LogP contribution is -2.32. The molecule has 7 nitrogen and oxygen atoms in total. The molecular formula is C22H22ClF2N5O2S. The van der Waals surface area contributed by atoms with Crippen LogP contribution >= 0.6 is 23.1 Å². The number of alkyl halides is 3. The number of rotatable bonds is 7. The van der Waals surface area contributed by atoms with Crippen molar-refractivity contribution in [1.29, 1.82) is 0 Å². The van der Waals surface area contributed by atoms with Crippen LogP contribution in [0.15, 0.2) is 48.1 Å². The van der Waals surface area contributed by atoms with Crippen LogP contribution in [0.4, 0.5) is 20.3 Å². The highest BCUT2D eigenvalue weighted by Crippen LogP contribution is 2.33. The molecule has 2 aromatic heterocycles. The van der Waals surface area contributed by atoms with Gasteiger partial charge in [0.1, 0.15) is 11.6 Å². The third-order valence-corrected chi connectivity index (χ3v) is 6.07. The van der Waals surface area contributed by atoms with Crippen LogP contribution in [-0.4, -0.2) is 59.0 Å². The maximum atomic E-state index is 12.9. The van der Waals surface area contributed by atoms with E-state index in [4.69, 9.17) is 11.6 Å². The Balaban J connectivity index is 1.55. The van der Waals surface area contributed by atoms with Crippen molar-refractivity contribution in [1.82, 2.24) is 14.3 Å². The quantitative estimate of drug-likeness (QED) is 0.478. The van der Waals surface area contributed by atoms with E-state index in [1.54, 1.807) is 18.5 Å². The summed E-state index contributed by atoms with van der Waals surface area (Å²) in [7, 11) is 4.14. The largest absolute Gasteiger partial charge is 0.487 e. The van der Waals surface area contributed by atoms with Crippen molar-refractivity contribution in [3.63, 3.8) is 0 Å². The predicted octanol–water partition coefficient (Wildman–Crippen LogP) is 4.77. The zero-order chi connectivity index (χ0) is 23.6. The van der Waals surface area contributed by atoms with Gasteiger partial charge in [-0.3, -0.25) is 4.79 Å². The van der Waals surface area contributed by atoms with Crippen LogP contribution in [0.5, 0.6) is 5.75 Å². The first-order chi connectivity index (χ1) is 15.7. The number of carbonyl (C=O) groups is 1. The van der Waals surface area contributed by atoms with Crippen molar-refractivity contribution in [3.8, 4) is 16.9 Å². The molecule has 3 aromatic rings. The van der Waals surface area contributed by atoms with Crippen LogP contribution in [0.25, 0.3) is 11.1 Å². The molecule has 3 heterocycles. The molecule has 1 N–H and O–H groups in total. The lowest BCUT2D eigenvalue weighted by atomic mass is 10.1. The summed E-state index contributed by atoms with van der Waals surface area (Å²) in [6.45, 7) is 1.73. The fraction of sp³-hybridized carbons (Fsp3) is 0.318. The number of carbonyl (C=O) groups excluding carboxylic acids is 1. The first-order valence-electron chi connectivity index (χ1n) is 10.2. The van der Waals surface area contributed by atoms with Gasteiger partial charge in [0.15, 0.2) is 0 Å². The molecule has 0 unspecified atom stereocenters. The molecule has 0 radical (unpaired) electrons. The predicted molar refractivity (Wildman–Crippen MR) is 125 cm³/mol. The molecule has 1 amide bonds.